The molecule has 2 aromatic rings. The van der Waals surface area contributed by atoms with Gasteiger partial charge in [0, 0.05) is 28.8 Å². The molecule has 3 amide bonds. The fourth-order valence-electron chi connectivity index (χ4n) is 3.32. The number of amides is 3. The van der Waals surface area contributed by atoms with E-state index in [2.05, 4.69) is 33.5 Å². The molecule has 29 heavy (non-hydrogen) atoms. The molecule has 6 nitrogen and oxygen atoms in total. The fourth-order valence-corrected chi connectivity index (χ4v) is 3.79. The Kier molecular flexibility index (Phi) is 6.69. The molecule has 3 rings (SSSR count). The summed E-state index contributed by atoms with van der Waals surface area (Å²) in [5.41, 5.74) is 3.61. The van der Waals surface area contributed by atoms with Crippen molar-refractivity contribution in [3.05, 3.63) is 58.1 Å². The van der Waals surface area contributed by atoms with E-state index >= 15 is 0 Å². The zero-order chi connectivity index (χ0) is 21.0. The second kappa shape index (κ2) is 9.22. The summed E-state index contributed by atoms with van der Waals surface area (Å²) >= 11 is 3.38. The Hall–Kier alpha value is -2.67. The molecule has 2 N–H and O–H groups in total. The van der Waals surface area contributed by atoms with Gasteiger partial charge >= 0.3 is 0 Å². The summed E-state index contributed by atoms with van der Waals surface area (Å²) in [6.07, 6.45) is 1.08. The maximum absolute atomic E-state index is 12.5. The first-order valence-corrected chi connectivity index (χ1v) is 10.4. The van der Waals surface area contributed by atoms with E-state index in [9.17, 15) is 14.4 Å². The number of nitrogens with zero attached hydrogens (tertiary/aromatic N) is 1. The van der Waals surface area contributed by atoms with Gasteiger partial charge in [-0.2, -0.15) is 0 Å². The van der Waals surface area contributed by atoms with Crippen LogP contribution in [0.2, 0.25) is 0 Å². The van der Waals surface area contributed by atoms with Crippen molar-refractivity contribution in [1.82, 2.24) is 5.32 Å². The molecule has 1 atom stereocenters. The van der Waals surface area contributed by atoms with Crippen molar-refractivity contribution in [3.8, 4) is 0 Å². The Morgan fingerprint density at radius 2 is 1.90 bits per heavy atom. The normalized spacial score (nSPS) is 16.0. The molecule has 1 fully saturated rings. The van der Waals surface area contributed by atoms with Crippen molar-refractivity contribution in [2.75, 3.05) is 23.3 Å². The lowest BCUT2D eigenvalue weighted by Crippen LogP contribution is -2.38. The maximum atomic E-state index is 12.5. The summed E-state index contributed by atoms with van der Waals surface area (Å²) in [5, 5.41) is 5.43. The van der Waals surface area contributed by atoms with Gasteiger partial charge in [0.2, 0.25) is 17.7 Å². The Morgan fingerprint density at radius 3 is 2.55 bits per heavy atom. The number of halogens is 1. The van der Waals surface area contributed by atoms with Gasteiger partial charge in [0.05, 0.1) is 12.5 Å². The van der Waals surface area contributed by atoms with E-state index in [1.807, 2.05) is 43.3 Å². The molecule has 152 valence electrons. The highest BCUT2D eigenvalue weighted by atomic mass is 79.9. The van der Waals surface area contributed by atoms with Crippen molar-refractivity contribution < 1.29 is 14.4 Å². The Bertz CT molecular complexity index is 927. The van der Waals surface area contributed by atoms with E-state index in [1.165, 1.54) is 5.56 Å². The first kappa shape index (κ1) is 21.0. The molecule has 1 heterocycles. The predicted molar refractivity (Wildman–Crippen MR) is 117 cm³/mol. The number of carbonyl (C=O) groups excluding carboxylic acids is 3. The van der Waals surface area contributed by atoms with Crippen LogP contribution in [0.3, 0.4) is 0 Å². The summed E-state index contributed by atoms with van der Waals surface area (Å²) in [5.74, 6) is -1.13. The third-order valence-corrected chi connectivity index (χ3v) is 5.53. The number of anilines is 2. The van der Waals surface area contributed by atoms with E-state index < -0.39 is 5.92 Å². The summed E-state index contributed by atoms with van der Waals surface area (Å²) in [6.45, 7) is 4.16. The zero-order valence-corrected chi connectivity index (χ0v) is 18.1. The fraction of sp³-hybridized carbons (Fsp3) is 0.318. The van der Waals surface area contributed by atoms with Gasteiger partial charge in [-0.25, -0.2) is 0 Å². The smallest absolute Gasteiger partial charge is 0.243 e. The lowest BCUT2D eigenvalue weighted by Gasteiger charge is -2.17. The number of aryl methyl sites for hydroxylation is 2. The molecule has 1 aliphatic rings. The molecule has 0 unspecified atom stereocenters. The van der Waals surface area contributed by atoms with E-state index in [1.54, 1.807) is 11.0 Å². The number of hydrogen-bond acceptors (Lipinski definition) is 3. The first-order chi connectivity index (χ1) is 13.9. The largest absolute Gasteiger partial charge is 0.347 e. The Morgan fingerprint density at radius 1 is 1.17 bits per heavy atom. The molecule has 1 aliphatic heterocycles. The van der Waals surface area contributed by atoms with Crippen molar-refractivity contribution in [2.45, 2.75) is 26.7 Å². The molecule has 0 bridgehead atoms. The second-order valence-corrected chi connectivity index (χ2v) is 8.07. The van der Waals surface area contributed by atoms with Crippen LogP contribution < -0.4 is 15.5 Å². The SMILES string of the molecule is CCc1ccc(N2C[C@@H](C(=O)NCC(=O)Nc3ccc(Br)cc3C)CC2=O)cc1. The molecule has 0 aliphatic carbocycles. The van der Waals surface area contributed by atoms with Crippen LogP contribution in [0.5, 0.6) is 0 Å². The van der Waals surface area contributed by atoms with Crippen LogP contribution in [0.25, 0.3) is 0 Å². The number of benzene rings is 2. The number of nitrogens with one attached hydrogen (secondary N) is 2. The van der Waals surface area contributed by atoms with Crippen LogP contribution >= 0.6 is 15.9 Å². The van der Waals surface area contributed by atoms with E-state index in [0.29, 0.717) is 12.2 Å². The van der Waals surface area contributed by atoms with Crippen molar-refractivity contribution >= 4 is 45.0 Å². The van der Waals surface area contributed by atoms with Gasteiger partial charge in [-0.15, -0.1) is 0 Å². The molecule has 0 aromatic heterocycles. The quantitative estimate of drug-likeness (QED) is 0.697. The average molecular weight is 458 g/mol. The zero-order valence-electron chi connectivity index (χ0n) is 16.5. The van der Waals surface area contributed by atoms with Gasteiger partial charge in [0.1, 0.15) is 0 Å². The van der Waals surface area contributed by atoms with Crippen molar-refractivity contribution in [1.29, 1.82) is 0 Å². The number of hydrogen-bond donors (Lipinski definition) is 2. The molecular weight excluding hydrogens is 434 g/mol. The van der Waals surface area contributed by atoms with Gasteiger partial charge in [0.15, 0.2) is 0 Å². The summed E-state index contributed by atoms with van der Waals surface area (Å²) in [7, 11) is 0. The number of carbonyl (C=O) groups is 3. The highest BCUT2D eigenvalue weighted by Gasteiger charge is 2.35. The topological polar surface area (TPSA) is 78.5 Å². The van der Waals surface area contributed by atoms with Gasteiger partial charge in [0.25, 0.3) is 0 Å². The molecule has 0 saturated carbocycles. The van der Waals surface area contributed by atoms with E-state index in [4.69, 9.17) is 0 Å². The van der Waals surface area contributed by atoms with Gasteiger partial charge in [-0.05, 0) is 54.8 Å². The van der Waals surface area contributed by atoms with E-state index in [-0.39, 0.29) is 30.7 Å². The van der Waals surface area contributed by atoms with Crippen LogP contribution in [0, 0.1) is 12.8 Å². The lowest BCUT2D eigenvalue weighted by molar-refractivity contribution is -0.127. The highest BCUT2D eigenvalue weighted by molar-refractivity contribution is 9.10. The molecular formula is C22H24BrN3O3. The summed E-state index contributed by atoms with van der Waals surface area (Å²) < 4.78 is 0.932. The third-order valence-electron chi connectivity index (χ3n) is 5.04. The second-order valence-electron chi connectivity index (χ2n) is 7.15. The summed E-state index contributed by atoms with van der Waals surface area (Å²) in [4.78, 5) is 38.6. The first-order valence-electron chi connectivity index (χ1n) is 9.60. The van der Waals surface area contributed by atoms with Crippen LogP contribution in [0.15, 0.2) is 46.9 Å². The third kappa shape index (κ3) is 5.23. The molecule has 2 aromatic carbocycles. The molecule has 1 saturated heterocycles. The van der Waals surface area contributed by atoms with Gasteiger partial charge < -0.3 is 15.5 Å². The molecule has 0 radical (unpaired) electrons. The molecule has 7 heteroatoms. The van der Waals surface area contributed by atoms with Crippen molar-refractivity contribution in [3.63, 3.8) is 0 Å². The Balaban J connectivity index is 1.52. The maximum Gasteiger partial charge on any atom is 0.243 e. The standard InChI is InChI=1S/C22H24BrN3O3/c1-3-15-4-7-18(8-5-15)26-13-16(11-21(26)28)22(29)24-12-20(27)25-19-9-6-17(23)10-14(19)2/h4-10,16H,3,11-13H2,1-2H3,(H,24,29)(H,25,27)/t16-/m0/s1. The Labute approximate surface area is 178 Å². The minimum Gasteiger partial charge on any atom is -0.347 e. The minimum absolute atomic E-state index is 0.0793. The monoisotopic (exact) mass is 457 g/mol. The van der Waals surface area contributed by atoms with Crippen LogP contribution in [-0.2, 0) is 20.8 Å². The lowest BCUT2D eigenvalue weighted by atomic mass is 10.1. The van der Waals surface area contributed by atoms with Gasteiger partial charge in [-0.1, -0.05) is 35.0 Å². The average Bonchev–Trinajstić information content (AvgIpc) is 3.10. The minimum atomic E-state index is -0.462. The van der Waals surface area contributed by atoms with Gasteiger partial charge in [-0.3, -0.25) is 14.4 Å². The summed E-state index contributed by atoms with van der Waals surface area (Å²) in [6, 6.07) is 13.3. The highest BCUT2D eigenvalue weighted by Crippen LogP contribution is 2.25. The molecule has 0 spiro atoms. The van der Waals surface area contributed by atoms with Crippen molar-refractivity contribution in [2.24, 2.45) is 5.92 Å². The van der Waals surface area contributed by atoms with Crippen LogP contribution in [0.4, 0.5) is 11.4 Å². The van der Waals surface area contributed by atoms with E-state index in [0.717, 1.165) is 22.1 Å². The van der Waals surface area contributed by atoms with Crippen LogP contribution in [-0.4, -0.2) is 30.8 Å². The number of rotatable bonds is 6. The predicted octanol–water partition coefficient (Wildman–Crippen LogP) is 3.43. The van der Waals surface area contributed by atoms with Crippen LogP contribution in [0.1, 0.15) is 24.5 Å².